The van der Waals surface area contributed by atoms with Gasteiger partial charge in [0.05, 0.1) is 47.4 Å². The SMILES string of the molecule is CCN(C(=O)C(CS(=O)(=O)CCC(F)(F)F)=NCOC)c1cn(-c2cccnc2)nc1C. The summed E-state index contributed by atoms with van der Waals surface area (Å²) in [5.74, 6) is -2.83. The Balaban J connectivity index is 2.33. The number of methoxy groups -OCH3 is 1. The lowest BCUT2D eigenvalue weighted by Crippen LogP contribution is -2.40. The fraction of sp³-hybridized carbons (Fsp3) is 0.474. The third-order valence-corrected chi connectivity index (χ3v) is 5.86. The molecule has 0 aliphatic carbocycles. The molecule has 0 aliphatic rings. The number of pyridine rings is 1. The highest BCUT2D eigenvalue weighted by molar-refractivity contribution is 7.92. The number of halogens is 3. The predicted molar refractivity (Wildman–Crippen MR) is 113 cm³/mol. The van der Waals surface area contributed by atoms with Crippen LogP contribution in [0.5, 0.6) is 0 Å². The molecule has 0 bridgehead atoms. The molecule has 13 heteroatoms. The summed E-state index contributed by atoms with van der Waals surface area (Å²) in [6.07, 6.45) is -1.38. The van der Waals surface area contributed by atoms with E-state index in [4.69, 9.17) is 4.74 Å². The van der Waals surface area contributed by atoms with Crippen molar-refractivity contribution < 1.29 is 31.1 Å². The van der Waals surface area contributed by atoms with E-state index in [1.165, 1.54) is 16.7 Å². The molecule has 0 spiro atoms. The van der Waals surface area contributed by atoms with Gasteiger partial charge in [0.1, 0.15) is 12.4 Å². The minimum Gasteiger partial charge on any atom is -0.363 e. The highest BCUT2D eigenvalue weighted by atomic mass is 32.2. The number of aromatic nitrogens is 3. The maximum absolute atomic E-state index is 13.2. The van der Waals surface area contributed by atoms with Crippen molar-refractivity contribution >= 4 is 27.1 Å². The van der Waals surface area contributed by atoms with E-state index in [9.17, 15) is 26.4 Å². The van der Waals surface area contributed by atoms with E-state index in [0.29, 0.717) is 17.1 Å². The van der Waals surface area contributed by atoms with Gasteiger partial charge in [-0.05, 0) is 26.0 Å². The fourth-order valence-electron chi connectivity index (χ4n) is 2.79. The smallest absolute Gasteiger partial charge is 0.363 e. The number of rotatable bonds is 10. The average Bonchev–Trinajstić information content (AvgIpc) is 3.12. The standard InChI is InChI=1S/C19H24F3N5O4S/c1-4-26(17-11-27(25-14(17)2)15-6-5-8-23-10-15)18(28)16(24-13-31-3)12-32(29,30)9-7-19(20,21)22/h5-6,8,10-11H,4,7,9,12-13H2,1-3H3. The van der Waals surface area contributed by atoms with Crippen LogP contribution in [0.4, 0.5) is 18.9 Å². The second-order valence-corrected chi connectivity index (χ2v) is 8.97. The molecule has 0 radical (unpaired) electrons. The Hall–Kier alpha value is -2.80. The number of carbonyl (C=O) groups excluding carboxylic acids is 1. The number of amides is 1. The largest absolute Gasteiger partial charge is 0.390 e. The zero-order valence-electron chi connectivity index (χ0n) is 17.8. The molecule has 176 valence electrons. The summed E-state index contributed by atoms with van der Waals surface area (Å²) in [5.41, 5.74) is 1.12. The molecule has 0 saturated carbocycles. The van der Waals surface area contributed by atoms with Crippen molar-refractivity contribution in [1.82, 2.24) is 14.8 Å². The number of sulfone groups is 1. The van der Waals surface area contributed by atoms with Crippen LogP contribution in [0.2, 0.25) is 0 Å². The van der Waals surface area contributed by atoms with E-state index in [-0.39, 0.29) is 13.3 Å². The first-order valence-corrected chi connectivity index (χ1v) is 11.4. The molecule has 0 aliphatic heterocycles. The van der Waals surface area contributed by atoms with Crippen molar-refractivity contribution in [2.75, 3.05) is 36.8 Å². The number of ether oxygens (including phenoxy) is 1. The van der Waals surface area contributed by atoms with Crippen LogP contribution < -0.4 is 4.90 Å². The summed E-state index contributed by atoms with van der Waals surface area (Å²) in [7, 11) is -2.95. The second kappa shape index (κ2) is 10.7. The normalized spacial score (nSPS) is 12.8. The Morgan fingerprint density at radius 3 is 2.62 bits per heavy atom. The number of aliphatic imine (C=N–C) groups is 1. The van der Waals surface area contributed by atoms with E-state index in [0.717, 1.165) is 0 Å². The number of nitrogens with zero attached hydrogens (tertiary/aromatic N) is 5. The molecule has 2 aromatic heterocycles. The Labute approximate surface area is 183 Å². The number of carbonyl (C=O) groups is 1. The molecular weight excluding hydrogens is 451 g/mol. The summed E-state index contributed by atoms with van der Waals surface area (Å²) in [6, 6.07) is 3.48. The lowest BCUT2D eigenvalue weighted by molar-refractivity contribution is -0.129. The molecule has 0 atom stereocenters. The Morgan fingerprint density at radius 1 is 1.34 bits per heavy atom. The maximum atomic E-state index is 13.2. The zero-order valence-corrected chi connectivity index (χ0v) is 18.6. The van der Waals surface area contributed by atoms with Crippen LogP contribution in [0.15, 0.2) is 35.7 Å². The summed E-state index contributed by atoms with van der Waals surface area (Å²) in [5, 5.41) is 4.36. The van der Waals surface area contributed by atoms with E-state index in [1.807, 2.05) is 0 Å². The van der Waals surface area contributed by atoms with Crippen LogP contribution in [-0.4, -0.2) is 72.9 Å². The predicted octanol–water partition coefficient (Wildman–Crippen LogP) is 2.34. The van der Waals surface area contributed by atoms with Crippen LogP contribution >= 0.6 is 0 Å². The van der Waals surface area contributed by atoms with E-state index in [2.05, 4.69) is 15.1 Å². The molecule has 0 aromatic carbocycles. The van der Waals surface area contributed by atoms with Gasteiger partial charge in [-0.1, -0.05) is 0 Å². The second-order valence-electron chi connectivity index (χ2n) is 6.78. The zero-order chi connectivity index (χ0) is 23.9. The Kier molecular flexibility index (Phi) is 8.50. The highest BCUT2D eigenvalue weighted by Crippen LogP contribution is 2.23. The van der Waals surface area contributed by atoms with Gasteiger partial charge in [-0.25, -0.2) is 13.1 Å². The molecular formula is C19H24F3N5O4S. The molecule has 2 rings (SSSR count). The van der Waals surface area contributed by atoms with Gasteiger partial charge >= 0.3 is 6.18 Å². The van der Waals surface area contributed by atoms with Gasteiger partial charge in [0.25, 0.3) is 5.91 Å². The maximum Gasteiger partial charge on any atom is 0.390 e. The van der Waals surface area contributed by atoms with Gasteiger partial charge in [-0.15, -0.1) is 0 Å². The summed E-state index contributed by atoms with van der Waals surface area (Å²) in [4.78, 5) is 22.3. The summed E-state index contributed by atoms with van der Waals surface area (Å²) < 4.78 is 68.2. The minimum absolute atomic E-state index is 0.146. The van der Waals surface area contributed by atoms with Crippen LogP contribution in [0.1, 0.15) is 19.0 Å². The molecule has 0 fully saturated rings. The number of aryl methyl sites for hydroxylation is 1. The van der Waals surface area contributed by atoms with E-state index >= 15 is 0 Å². The first kappa shape index (κ1) is 25.5. The molecule has 0 saturated heterocycles. The van der Waals surface area contributed by atoms with Crippen molar-refractivity contribution in [2.24, 2.45) is 4.99 Å². The van der Waals surface area contributed by atoms with Crippen LogP contribution in [0, 0.1) is 6.92 Å². The van der Waals surface area contributed by atoms with Crippen molar-refractivity contribution in [3.05, 3.63) is 36.4 Å². The van der Waals surface area contributed by atoms with Crippen molar-refractivity contribution in [1.29, 1.82) is 0 Å². The average molecular weight is 475 g/mol. The first-order valence-electron chi connectivity index (χ1n) is 9.55. The monoisotopic (exact) mass is 475 g/mol. The van der Waals surface area contributed by atoms with Crippen molar-refractivity contribution in [3.8, 4) is 5.69 Å². The highest BCUT2D eigenvalue weighted by Gasteiger charge is 2.32. The van der Waals surface area contributed by atoms with Crippen LogP contribution in [0.3, 0.4) is 0 Å². The molecule has 1 amide bonds. The van der Waals surface area contributed by atoms with Crippen molar-refractivity contribution in [2.45, 2.75) is 26.4 Å². The number of hydrogen-bond acceptors (Lipinski definition) is 7. The molecule has 32 heavy (non-hydrogen) atoms. The van der Waals surface area contributed by atoms with E-state index in [1.54, 1.807) is 44.6 Å². The van der Waals surface area contributed by atoms with Gasteiger partial charge in [0.15, 0.2) is 9.84 Å². The number of anilines is 1. The Morgan fingerprint density at radius 2 is 2.06 bits per heavy atom. The van der Waals surface area contributed by atoms with Crippen LogP contribution in [0.25, 0.3) is 5.69 Å². The van der Waals surface area contributed by atoms with E-state index < -0.39 is 45.6 Å². The quantitative estimate of drug-likeness (QED) is 0.489. The van der Waals surface area contributed by atoms with Gasteiger partial charge in [0, 0.05) is 19.9 Å². The molecule has 2 heterocycles. The summed E-state index contributed by atoms with van der Waals surface area (Å²) >= 11 is 0. The van der Waals surface area contributed by atoms with Gasteiger partial charge in [-0.3, -0.25) is 14.8 Å². The number of hydrogen-bond donors (Lipinski definition) is 0. The molecule has 0 unspecified atom stereocenters. The third-order valence-electron chi connectivity index (χ3n) is 4.32. The number of alkyl halides is 3. The lowest BCUT2D eigenvalue weighted by atomic mass is 10.3. The third kappa shape index (κ3) is 7.12. The minimum atomic E-state index is -4.63. The van der Waals surface area contributed by atoms with Gasteiger partial charge < -0.3 is 9.64 Å². The fourth-order valence-corrected chi connectivity index (χ4v) is 4.10. The van der Waals surface area contributed by atoms with Gasteiger partial charge in [-0.2, -0.15) is 18.3 Å². The van der Waals surface area contributed by atoms with Crippen LogP contribution in [-0.2, 0) is 19.4 Å². The lowest BCUT2D eigenvalue weighted by Gasteiger charge is -2.21. The first-order chi connectivity index (χ1) is 15.0. The van der Waals surface area contributed by atoms with Gasteiger partial charge in [0.2, 0.25) is 0 Å². The van der Waals surface area contributed by atoms with Crippen molar-refractivity contribution in [3.63, 3.8) is 0 Å². The summed E-state index contributed by atoms with van der Waals surface area (Å²) in [6.45, 7) is 3.17. The topological polar surface area (TPSA) is 107 Å². The molecule has 2 aromatic rings. The Bertz CT molecular complexity index is 1050. The molecule has 9 nitrogen and oxygen atoms in total. The molecule has 0 N–H and O–H groups in total.